The van der Waals surface area contributed by atoms with Crippen LogP contribution in [0.3, 0.4) is 0 Å². The van der Waals surface area contributed by atoms with Crippen LogP contribution in [0.4, 0.5) is 0 Å². The third-order valence-corrected chi connectivity index (χ3v) is 3.11. The largest absolute Gasteiger partial charge is 0.455 e. The second-order valence-electron chi connectivity index (χ2n) is 3.46. The second kappa shape index (κ2) is 5.59. The highest BCUT2D eigenvalue weighted by molar-refractivity contribution is 7.99. The summed E-state index contributed by atoms with van der Waals surface area (Å²) >= 11 is 1.49. The summed E-state index contributed by atoms with van der Waals surface area (Å²) in [5.74, 6) is 0.928. The van der Waals surface area contributed by atoms with Gasteiger partial charge in [-0.25, -0.2) is 0 Å². The summed E-state index contributed by atoms with van der Waals surface area (Å²) in [4.78, 5) is 11.6. The summed E-state index contributed by atoms with van der Waals surface area (Å²) in [5, 5.41) is 2.74. The zero-order valence-electron chi connectivity index (χ0n) is 9.26. The smallest absolute Gasteiger partial charge is 0.289 e. The number of benzene rings is 1. The molecule has 1 amide bonds. The maximum atomic E-state index is 11.6. The lowest BCUT2D eigenvalue weighted by Crippen LogP contribution is -2.23. The van der Waals surface area contributed by atoms with E-state index in [0.717, 1.165) is 11.3 Å². The number of hydrogen-bond donors (Lipinski definition) is 1. The van der Waals surface area contributed by atoms with Crippen molar-refractivity contribution in [1.82, 2.24) is 5.32 Å². The Morgan fingerprint density at radius 1 is 1.41 bits per heavy atom. The average molecular weight is 247 g/mol. The molecule has 4 heteroatoms. The summed E-state index contributed by atoms with van der Waals surface area (Å²) in [5.41, 5.74) is 0.641. The van der Waals surface area contributed by atoms with E-state index in [2.05, 4.69) is 11.9 Å². The van der Waals surface area contributed by atoms with E-state index >= 15 is 0 Å². The van der Waals surface area contributed by atoms with Crippen LogP contribution in [0.15, 0.2) is 48.7 Å². The highest BCUT2D eigenvalue weighted by Crippen LogP contribution is 2.22. The first kappa shape index (κ1) is 11.8. The quantitative estimate of drug-likeness (QED) is 0.655. The third kappa shape index (κ3) is 3.14. The Balaban J connectivity index is 2.05. The first-order valence-electron chi connectivity index (χ1n) is 5.26. The van der Waals surface area contributed by atoms with E-state index in [1.54, 1.807) is 12.2 Å². The second-order valence-corrected chi connectivity index (χ2v) is 4.56. The maximum absolute atomic E-state index is 11.6. The van der Waals surface area contributed by atoms with Gasteiger partial charge in [0.2, 0.25) is 5.56 Å². The number of thioether (sulfide) groups is 1. The van der Waals surface area contributed by atoms with Gasteiger partial charge in [-0.2, -0.15) is 0 Å². The van der Waals surface area contributed by atoms with Crippen molar-refractivity contribution in [3.8, 4) is 0 Å². The normalized spacial score (nSPS) is 21.1. The summed E-state index contributed by atoms with van der Waals surface area (Å²) in [7, 11) is 0. The molecule has 1 heterocycles. The minimum atomic E-state index is -0.310. The summed E-state index contributed by atoms with van der Waals surface area (Å²) in [6.07, 6.45) is 3.52. The molecule has 1 unspecified atom stereocenters. The van der Waals surface area contributed by atoms with E-state index in [0.29, 0.717) is 5.76 Å². The summed E-state index contributed by atoms with van der Waals surface area (Å²) in [6.45, 7) is 3.62. The molecular weight excluding hydrogens is 234 g/mol. The number of amides is 1. The molecule has 0 aliphatic carbocycles. The van der Waals surface area contributed by atoms with Gasteiger partial charge in [0.1, 0.15) is 0 Å². The van der Waals surface area contributed by atoms with Crippen LogP contribution in [0.5, 0.6) is 0 Å². The van der Waals surface area contributed by atoms with Gasteiger partial charge in [0.05, 0.1) is 0 Å². The summed E-state index contributed by atoms with van der Waals surface area (Å²) < 4.78 is 5.50. The first-order chi connectivity index (χ1) is 8.29. The van der Waals surface area contributed by atoms with Crippen LogP contribution in [0.1, 0.15) is 5.56 Å². The van der Waals surface area contributed by atoms with Crippen molar-refractivity contribution in [1.29, 1.82) is 0 Å². The fourth-order valence-corrected chi connectivity index (χ4v) is 2.08. The van der Waals surface area contributed by atoms with Crippen LogP contribution in [0.25, 0.3) is 6.08 Å². The van der Waals surface area contributed by atoms with Crippen LogP contribution in [-0.4, -0.2) is 17.2 Å². The monoisotopic (exact) mass is 247 g/mol. The zero-order chi connectivity index (χ0) is 12.1. The fourth-order valence-electron chi connectivity index (χ4n) is 1.41. The van der Waals surface area contributed by atoms with Gasteiger partial charge in [0.15, 0.2) is 5.76 Å². The van der Waals surface area contributed by atoms with E-state index in [4.69, 9.17) is 4.74 Å². The number of rotatable bonds is 4. The van der Waals surface area contributed by atoms with Crippen LogP contribution in [0, 0.1) is 0 Å². The molecule has 88 valence electrons. The van der Waals surface area contributed by atoms with E-state index in [9.17, 15) is 4.79 Å². The molecular formula is C13H13NO2S. The molecule has 1 aliphatic heterocycles. The van der Waals surface area contributed by atoms with Crippen molar-refractivity contribution < 1.29 is 9.53 Å². The van der Waals surface area contributed by atoms with Gasteiger partial charge in [0, 0.05) is 5.75 Å². The Labute approximate surface area is 105 Å². The number of hydrogen-bond acceptors (Lipinski definition) is 3. The lowest BCUT2D eigenvalue weighted by atomic mass is 10.2. The first-order valence-corrected chi connectivity index (χ1v) is 6.31. The Hall–Kier alpha value is -1.68. The standard InChI is InChI=1S/C13H13NO2S/c1-2-8-17-13-14-12(15)11(16-13)9-10-6-4-3-5-7-10/h2-7,9,13H,1,8H2,(H,14,15). The van der Waals surface area contributed by atoms with Gasteiger partial charge < -0.3 is 10.1 Å². The van der Waals surface area contributed by atoms with E-state index in [1.807, 2.05) is 30.3 Å². The van der Waals surface area contributed by atoms with Crippen molar-refractivity contribution in [3.05, 3.63) is 54.3 Å². The SMILES string of the molecule is C=CCSC1NC(=O)C(=Cc2ccccc2)O1. The molecule has 1 saturated heterocycles. The summed E-state index contributed by atoms with van der Waals surface area (Å²) in [6, 6.07) is 9.62. The molecule has 0 radical (unpaired) electrons. The van der Waals surface area contributed by atoms with Gasteiger partial charge in [-0.3, -0.25) is 4.79 Å². The third-order valence-electron chi connectivity index (χ3n) is 2.17. The van der Waals surface area contributed by atoms with Gasteiger partial charge in [-0.05, 0) is 11.6 Å². The van der Waals surface area contributed by atoms with Crippen molar-refractivity contribution in [2.24, 2.45) is 0 Å². The minimum absolute atomic E-state index is 0.171. The number of carbonyl (C=O) groups excluding carboxylic acids is 1. The average Bonchev–Trinajstić information content (AvgIpc) is 2.69. The molecule has 17 heavy (non-hydrogen) atoms. The molecule has 1 fully saturated rings. The number of nitrogens with one attached hydrogen (secondary N) is 1. The molecule has 0 aromatic heterocycles. The molecule has 3 nitrogen and oxygen atoms in total. The Morgan fingerprint density at radius 2 is 2.18 bits per heavy atom. The zero-order valence-corrected chi connectivity index (χ0v) is 10.1. The van der Waals surface area contributed by atoms with Crippen molar-refractivity contribution in [2.75, 3.05) is 5.75 Å². The van der Waals surface area contributed by atoms with Crippen molar-refractivity contribution >= 4 is 23.7 Å². The molecule has 1 atom stereocenters. The fraction of sp³-hybridized carbons (Fsp3) is 0.154. The molecule has 1 N–H and O–H groups in total. The van der Waals surface area contributed by atoms with Crippen LogP contribution >= 0.6 is 11.8 Å². The van der Waals surface area contributed by atoms with Crippen LogP contribution in [-0.2, 0) is 9.53 Å². The molecule has 0 spiro atoms. The van der Waals surface area contributed by atoms with Gasteiger partial charge in [0.25, 0.3) is 5.91 Å². The van der Waals surface area contributed by atoms with E-state index in [-0.39, 0.29) is 11.5 Å². The Bertz CT molecular complexity index is 442. The number of carbonyl (C=O) groups is 1. The predicted molar refractivity (Wildman–Crippen MR) is 70.1 cm³/mol. The van der Waals surface area contributed by atoms with Crippen LogP contribution in [0.2, 0.25) is 0 Å². The highest BCUT2D eigenvalue weighted by Gasteiger charge is 2.27. The molecule has 0 bridgehead atoms. The molecule has 1 aliphatic rings. The lowest BCUT2D eigenvalue weighted by Gasteiger charge is -2.06. The Morgan fingerprint density at radius 3 is 2.88 bits per heavy atom. The molecule has 2 rings (SSSR count). The molecule has 0 saturated carbocycles. The number of ether oxygens (including phenoxy) is 1. The lowest BCUT2D eigenvalue weighted by molar-refractivity contribution is -0.116. The highest BCUT2D eigenvalue weighted by atomic mass is 32.2. The topological polar surface area (TPSA) is 38.3 Å². The minimum Gasteiger partial charge on any atom is -0.455 e. The van der Waals surface area contributed by atoms with Crippen molar-refractivity contribution in [3.63, 3.8) is 0 Å². The maximum Gasteiger partial charge on any atom is 0.289 e. The van der Waals surface area contributed by atoms with Crippen LogP contribution < -0.4 is 5.32 Å². The molecule has 1 aromatic carbocycles. The van der Waals surface area contributed by atoms with Gasteiger partial charge >= 0.3 is 0 Å². The predicted octanol–water partition coefficient (Wildman–Crippen LogP) is 2.38. The van der Waals surface area contributed by atoms with E-state index < -0.39 is 0 Å². The van der Waals surface area contributed by atoms with Gasteiger partial charge in [-0.1, -0.05) is 48.2 Å². The molecule has 1 aromatic rings. The van der Waals surface area contributed by atoms with E-state index in [1.165, 1.54) is 11.8 Å². The van der Waals surface area contributed by atoms with Gasteiger partial charge in [-0.15, -0.1) is 6.58 Å². The van der Waals surface area contributed by atoms with Crippen molar-refractivity contribution in [2.45, 2.75) is 5.56 Å². The Kier molecular flexibility index (Phi) is 3.88.